The third-order valence-electron chi connectivity index (χ3n) is 8.35. The molecular weight excluding hydrogens is 639 g/mol. The van der Waals surface area contributed by atoms with Crippen LogP contribution in [0.25, 0.3) is 0 Å². The van der Waals surface area contributed by atoms with Crippen molar-refractivity contribution in [3.05, 3.63) is 57.3 Å². The minimum absolute atomic E-state index is 0.0118. The van der Waals surface area contributed by atoms with E-state index in [0.717, 1.165) is 24.8 Å². The van der Waals surface area contributed by atoms with E-state index in [4.69, 9.17) is 34.7 Å². The number of carbonyl (C=O) groups excluding carboxylic acids is 1. The number of nitrogens with zero attached hydrogens (tertiary/aromatic N) is 4. The second-order valence-electron chi connectivity index (χ2n) is 12.3. The Balaban J connectivity index is 1.36. The summed E-state index contributed by atoms with van der Waals surface area (Å²) in [6.45, 7) is 7.30. The van der Waals surface area contributed by atoms with Crippen molar-refractivity contribution in [1.82, 2.24) is 25.0 Å². The minimum Gasteiger partial charge on any atom is -0.598 e. The van der Waals surface area contributed by atoms with Crippen LogP contribution in [-0.4, -0.2) is 50.3 Å². The monoisotopic (exact) mass is 676 g/mol. The Morgan fingerprint density at radius 1 is 1.18 bits per heavy atom. The molecular formula is C30H38Cl2N8O2S2. The topological polar surface area (TPSA) is 158 Å². The summed E-state index contributed by atoms with van der Waals surface area (Å²) in [5.74, 6) is 1.02. The summed E-state index contributed by atoms with van der Waals surface area (Å²) >= 11 is 13.0. The van der Waals surface area contributed by atoms with Crippen LogP contribution in [0.2, 0.25) is 10.2 Å². The molecule has 10 nitrogen and oxygen atoms in total. The zero-order valence-corrected chi connectivity index (χ0v) is 28.4. The molecule has 1 aliphatic heterocycles. The number of benzene rings is 1. The zero-order chi connectivity index (χ0) is 31.8. The van der Waals surface area contributed by atoms with Crippen LogP contribution >= 0.6 is 35.0 Å². The molecule has 2 atom stereocenters. The van der Waals surface area contributed by atoms with Crippen LogP contribution in [0.5, 0.6) is 0 Å². The largest absolute Gasteiger partial charge is 0.598 e. The average Bonchev–Trinajstić information content (AvgIpc) is 3.27. The molecule has 1 aromatic carbocycles. The number of amides is 1. The lowest BCUT2D eigenvalue weighted by atomic mass is 9.73. The SMILES string of the molecule is CNC(=O)CCc1ccc2c(c1)[C@@H](N[S@+]([O-])C(C)(C)C)C1(CCN(c3nc(N)c(Sc4ccnc(N)c4Cl)nc3Cl)CC1)C2. The van der Waals surface area contributed by atoms with E-state index in [1.54, 1.807) is 19.3 Å². The van der Waals surface area contributed by atoms with Gasteiger partial charge in [-0.3, -0.25) is 4.79 Å². The average molecular weight is 678 g/mol. The van der Waals surface area contributed by atoms with Gasteiger partial charge >= 0.3 is 0 Å². The first-order valence-electron chi connectivity index (χ1n) is 14.5. The van der Waals surface area contributed by atoms with Crippen LogP contribution < -0.4 is 26.4 Å². The van der Waals surface area contributed by atoms with Gasteiger partial charge in [0, 0.05) is 54.4 Å². The van der Waals surface area contributed by atoms with Crippen molar-refractivity contribution < 1.29 is 9.35 Å². The molecule has 14 heteroatoms. The van der Waals surface area contributed by atoms with E-state index in [1.165, 1.54) is 22.9 Å². The standard InChI is InChI=1S/C30H38Cl2N8O2S2/c1-29(2,3)44(42)39-23-19-15-17(6-8-21(41)35-4)5-7-18(19)16-30(23)10-13-40(14-11-30)27-24(32)37-28(26(34)38-27)43-20-9-12-36-25(33)22(20)31/h5,7,9,12,15,23,39H,6,8,10-11,13-14,16H2,1-4H3,(H2,33,36)(H2,34,38)(H,35,41)/t23-,44-/m1/s1. The second-order valence-corrected chi connectivity index (χ2v) is 16.1. The number of rotatable bonds is 8. The van der Waals surface area contributed by atoms with Gasteiger partial charge < -0.3 is 26.2 Å². The van der Waals surface area contributed by atoms with Crippen LogP contribution in [0.1, 0.15) is 62.8 Å². The van der Waals surface area contributed by atoms with E-state index in [-0.39, 0.29) is 34.2 Å². The molecule has 0 bridgehead atoms. The predicted octanol–water partition coefficient (Wildman–Crippen LogP) is 5.11. The van der Waals surface area contributed by atoms with Gasteiger partial charge in [-0.2, -0.15) is 0 Å². The Bertz CT molecular complexity index is 1550. The van der Waals surface area contributed by atoms with E-state index in [0.29, 0.717) is 46.7 Å². The lowest BCUT2D eigenvalue weighted by Crippen LogP contribution is -2.50. The van der Waals surface area contributed by atoms with Crippen molar-refractivity contribution in [1.29, 1.82) is 0 Å². The maximum Gasteiger partial charge on any atom is 0.220 e. The van der Waals surface area contributed by atoms with Gasteiger partial charge in [0.2, 0.25) is 5.91 Å². The number of pyridine rings is 1. The van der Waals surface area contributed by atoms with Gasteiger partial charge in [0.05, 0.1) is 11.1 Å². The molecule has 1 amide bonds. The molecule has 0 saturated carbocycles. The smallest absolute Gasteiger partial charge is 0.220 e. The molecule has 5 rings (SSSR count). The Hall–Kier alpha value is -2.48. The van der Waals surface area contributed by atoms with Crippen molar-refractivity contribution in [3.8, 4) is 0 Å². The Morgan fingerprint density at radius 2 is 1.91 bits per heavy atom. The fraction of sp³-hybridized carbons (Fsp3) is 0.467. The number of aryl methyl sites for hydroxylation is 1. The number of piperidine rings is 1. The summed E-state index contributed by atoms with van der Waals surface area (Å²) in [6, 6.07) is 8.12. The van der Waals surface area contributed by atoms with Crippen LogP contribution in [0.3, 0.4) is 0 Å². The molecule has 0 radical (unpaired) electrons. The summed E-state index contributed by atoms with van der Waals surface area (Å²) in [7, 11) is 1.65. The maximum atomic E-state index is 13.4. The highest BCUT2D eigenvalue weighted by molar-refractivity contribution is 7.99. The summed E-state index contributed by atoms with van der Waals surface area (Å²) in [4.78, 5) is 27.9. The quantitative estimate of drug-likeness (QED) is 0.236. The van der Waals surface area contributed by atoms with Gasteiger partial charge in [-0.05, 0) is 69.2 Å². The highest BCUT2D eigenvalue weighted by Gasteiger charge is 2.50. The number of hydrogen-bond donors (Lipinski definition) is 4. The van der Waals surface area contributed by atoms with E-state index >= 15 is 0 Å². The van der Waals surface area contributed by atoms with Gasteiger partial charge in [0.1, 0.15) is 15.6 Å². The predicted molar refractivity (Wildman–Crippen MR) is 179 cm³/mol. The molecule has 2 aromatic heterocycles. The highest BCUT2D eigenvalue weighted by atomic mass is 35.5. The summed E-state index contributed by atoms with van der Waals surface area (Å²) in [5.41, 5.74) is 15.6. The third-order valence-corrected chi connectivity index (χ3v) is 11.7. The number of nitrogens with two attached hydrogens (primary N) is 2. The number of carbonyl (C=O) groups is 1. The Morgan fingerprint density at radius 3 is 2.59 bits per heavy atom. The van der Waals surface area contributed by atoms with Crippen LogP contribution in [0, 0.1) is 5.41 Å². The Labute approximate surface area is 275 Å². The van der Waals surface area contributed by atoms with Crippen LogP contribution in [-0.2, 0) is 29.0 Å². The van der Waals surface area contributed by atoms with E-state index in [2.05, 4.69) is 48.1 Å². The van der Waals surface area contributed by atoms with Crippen molar-refractivity contribution >= 4 is 69.7 Å². The van der Waals surface area contributed by atoms with Crippen LogP contribution in [0.15, 0.2) is 40.4 Å². The third kappa shape index (κ3) is 6.85. The first-order valence-corrected chi connectivity index (χ1v) is 17.2. The molecule has 3 aromatic rings. The molecule has 1 saturated heterocycles. The van der Waals surface area contributed by atoms with Crippen molar-refractivity contribution in [2.24, 2.45) is 5.41 Å². The van der Waals surface area contributed by atoms with Crippen molar-refractivity contribution in [3.63, 3.8) is 0 Å². The first kappa shape index (κ1) is 32.9. The molecule has 1 fully saturated rings. The van der Waals surface area contributed by atoms with Crippen molar-refractivity contribution in [2.75, 3.05) is 36.5 Å². The van der Waals surface area contributed by atoms with Gasteiger partial charge in [-0.25, -0.2) is 15.0 Å². The lowest BCUT2D eigenvalue weighted by Gasteiger charge is -2.44. The normalized spacial score (nSPS) is 18.3. The van der Waals surface area contributed by atoms with Gasteiger partial charge in [-0.1, -0.05) is 53.2 Å². The Kier molecular flexibility index (Phi) is 9.79. The van der Waals surface area contributed by atoms with Gasteiger partial charge in [0.15, 0.2) is 16.8 Å². The molecule has 0 unspecified atom stereocenters. The molecule has 1 spiro atoms. The number of anilines is 3. The lowest BCUT2D eigenvalue weighted by molar-refractivity contribution is -0.120. The van der Waals surface area contributed by atoms with Gasteiger partial charge in [-0.15, -0.1) is 4.72 Å². The number of fused-ring (bicyclic) bond motifs is 1. The molecule has 2 aliphatic rings. The minimum atomic E-state index is -1.27. The number of aromatic nitrogens is 3. The number of halogens is 2. The van der Waals surface area contributed by atoms with E-state index in [9.17, 15) is 9.35 Å². The number of nitrogen functional groups attached to an aromatic ring is 2. The number of nitrogens with one attached hydrogen (secondary N) is 2. The van der Waals surface area contributed by atoms with Gasteiger partial charge in [0.25, 0.3) is 0 Å². The number of hydrogen-bond acceptors (Lipinski definition) is 10. The van der Waals surface area contributed by atoms with E-state index in [1.807, 2.05) is 20.8 Å². The fourth-order valence-corrected chi connectivity index (χ4v) is 8.12. The molecule has 44 heavy (non-hydrogen) atoms. The van der Waals surface area contributed by atoms with Crippen LogP contribution in [0.4, 0.5) is 17.5 Å². The molecule has 6 N–H and O–H groups in total. The molecule has 1 aliphatic carbocycles. The van der Waals surface area contributed by atoms with E-state index < -0.39 is 16.1 Å². The zero-order valence-electron chi connectivity index (χ0n) is 25.2. The maximum absolute atomic E-state index is 13.4. The highest BCUT2D eigenvalue weighted by Crippen LogP contribution is 2.53. The fourth-order valence-electron chi connectivity index (χ4n) is 5.83. The summed E-state index contributed by atoms with van der Waals surface area (Å²) in [5, 5.41) is 3.71. The summed E-state index contributed by atoms with van der Waals surface area (Å²) < 4.78 is 16.5. The molecule has 3 heterocycles. The summed E-state index contributed by atoms with van der Waals surface area (Å²) in [6.07, 6.45) is 5.17. The van der Waals surface area contributed by atoms with Crippen molar-refractivity contribution in [2.45, 2.75) is 73.6 Å². The first-order chi connectivity index (χ1) is 20.8. The second kappa shape index (κ2) is 13.1. The molecule has 236 valence electrons.